The van der Waals surface area contributed by atoms with Crippen LogP contribution in [0.2, 0.25) is 5.02 Å². The van der Waals surface area contributed by atoms with Gasteiger partial charge in [0, 0.05) is 0 Å². The first-order chi connectivity index (χ1) is 25.8. The monoisotopic (exact) mass is 868 g/mol. The van der Waals surface area contributed by atoms with Crippen molar-refractivity contribution in [2.45, 2.75) is 65.7 Å². The average molecular weight is 872 g/mol. The van der Waals surface area contributed by atoms with E-state index >= 15 is 0 Å². The molecule has 8 rings (SSSR count). The van der Waals surface area contributed by atoms with Gasteiger partial charge in [-0.15, -0.1) is 28.8 Å². The molecule has 7 aromatic rings. The van der Waals surface area contributed by atoms with Gasteiger partial charge in [-0.2, -0.15) is 18.2 Å². The summed E-state index contributed by atoms with van der Waals surface area (Å²) in [6.07, 6.45) is 0.944. The molecule has 0 aromatic heterocycles. The summed E-state index contributed by atoms with van der Waals surface area (Å²) in [6.45, 7) is 16.0. The summed E-state index contributed by atoms with van der Waals surface area (Å²) in [6, 6.07) is 59.5. The summed E-state index contributed by atoms with van der Waals surface area (Å²) in [7, 11) is 0. The number of rotatable bonds is 4. The summed E-state index contributed by atoms with van der Waals surface area (Å²) >= 11 is 7.30. The zero-order valence-electron chi connectivity index (χ0n) is 33.4. The molecule has 0 saturated heterocycles. The third-order valence-corrected chi connectivity index (χ3v) is 11.5. The molecule has 0 unspecified atom stereocenters. The molecule has 4 heteroatoms. The zero-order chi connectivity index (χ0) is 38.5. The van der Waals surface area contributed by atoms with E-state index in [9.17, 15) is 0 Å². The van der Waals surface area contributed by atoms with Crippen LogP contribution in [-0.4, -0.2) is 3.21 Å². The smallest absolute Gasteiger partial charge is 0.172 e. The molecule has 0 N–H and O–H groups in total. The summed E-state index contributed by atoms with van der Waals surface area (Å²) in [5.41, 5.74) is 17.3. The number of fused-ring (bicyclic) bond motifs is 3. The fraction of sp³-hybridized carbons (Fsp3) is 0.192. The summed E-state index contributed by atoms with van der Waals surface area (Å²) in [5.74, 6) is 0. The van der Waals surface area contributed by atoms with Crippen LogP contribution in [0.1, 0.15) is 80.5 Å². The Morgan fingerprint density at radius 1 is 0.589 bits per heavy atom. The first-order valence-electron chi connectivity index (χ1n) is 18.8. The van der Waals surface area contributed by atoms with Gasteiger partial charge in [0.25, 0.3) is 0 Å². The summed E-state index contributed by atoms with van der Waals surface area (Å²) in [5, 5.41) is 0.788. The Hall–Kier alpha value is -3.71. The second kappa shape index (κ2) is 19.6. The van der Waals surface area contributed by atoms with Gasteiger partial charge in [0.15, 0.2) is 0 Å². The third-order valence-electron chi connectivity index (χ3n) is 9.85. The van der Waals surface area contributed by atoms with Crippen molar-refractivity contribution in [3.05, 3.63) is 208 Å². The Bertz CT molecular complexity index is 2140. The van der Waals surface area contributed by atoms with E-state index < -0.39 is 0 Å². The van der Waals surface area contributed by atoms with E-state index in [2.05, 4.69) is 170 Å². The first-order valence-corrected chi connectivity index (χ1v) is 20.4. The topological polar surface area (TPSA) is 0 Å². The molecule has 56 heavy (non-hydrogen) atoms. The quantitative estimate of drug-likeness (QED) is 0.157. The van der Waals surface area contributed by atoms with Crippen molar-refractivity contribution < 1.29 is 49.0 Å². The van der Waals surface area contributed by atoms with Gasteiger partial charge >= 0.3 is 116 Å². The van der Waals surface area contributed by atoms with E-state index in [4.69, 9.17) is 11.6 Å². The van der Waals surface area contributed by atoms with Crippen molar-refractivity contribution >= 4 is 14.8 Å². The number of benzene rings is 6. The fourth-order valence-electron chi connectivity index (χ4n) is 6.93. The molecule has 1 aliphatic rings. The first kappa shape index (κ1) is 45.0. The van der Waals surface area contributed by atoms with Crippen LogP contribution in [0.15, 0.2) is 158 Å². The zero-order valence-corrected chi connectivity index (χ0v) is 38.1. The second-order valence-electron chi connectivity index (χ2n) is 16.1. The molecule has 0 atom stereocenters. The van der Waals surface area contributed by atoms with Crippen LogP contribution in [0.3, 0.4) is 0 Å². The average Bonchev–Trinajstić information content (AvgIpc) is 3.86. The van der Waals surface area contributed by atoms with Crippen LogP contribution < -0.4 is 24.8 Å². The van der Waals surface area contributed by atoms with Crippen LogP contribution in [0.25, 0.3) is 33.4 Å². The van der Waals surface area contributed by atoms with Gasteiger partial charge < -0.3 is 24.8 Å². The predicted molar refractivity (Wildman–Crippen MR) is 230 cm³/mol. The molecule has 0 radical (unpaired) electrons. The van der Waals surface area contributed by atoms with Gasteiger partial charge in [0.2, 0.25) is 0 Å². The standard InChI is InChI=1S/C33H33.C14H11Cl.C5H5.2ClH.Zr/c1-32(2,3)30-20-26-24(18-28(30)22-13-9-7-10-14-22)17-25-19-29(23-15-11-8-12-16-23)31(21-27(25)26)33(4,5)6;1-11-2-4-12(5-3-11)10-13-6-8-14(15)9-7-13;1-2-4-5-3-1;;;/h7-16,18,20-21H,17H2,1-6H3;2-9H,1H3;1-5H;2*1H;/q-1;;-1;;;+2/p-2. The van der Waals surface area contributed by atoms with Crippen LogP contribution in [0.4, 0.5) is 0 Å². The van der Waals surface area contributed by atoms with Crippen molar-refractivity contribution in [1.29, 1.82) is 0 Å². The Labute approximate surface area is 367 Å². The van der Waals surface area contributed by atoms with Gasteiger partial charge in [0.1, 0.15) is 0 Å². The van der Waals surface area contributed by atoms with E-state index in [0.717, 1.165) is 11.4 Å². The van der Waals surface area contributed by atoms with E-state index in [1.165, 1.54) is 99.8 Å². The Kier molecular flexibility index (Phi) is 15.8. The van der Waals surface area contributed by atoms with Gasteiger partial charge in [-0.05, 0) is 39.5 Å². The molecule has 0 heterocycles. The van der Waals surface area contributed by atoms with Gasteiger partial charge in [-0.3, -0.25) is 0 Å². The maximum atomic E-state index is 5.88. The van der Waals surface area contributed by atoms with Crippen molar-refractivity contribution in [1.82, 2.24) is 0 Å². The molecule has 0 aliphatic heterocycles. The van der Waals surface area contributed by atoms with E-state index in [-0.39, 0.29) is 35.6 Å². The van der Waals surface area contributed by atoms with Crippen molar-refractivity contribution in [2.75, 3.05) is 0 Å². The summed E-state index contributed by atoms with van der Waals surface area (Å²) in [4.78, 5) is 0. The van der Waals surface area contributed by atoms with Crippen LogP contribution in [0.5, 0.6) is 0 Å². The Balaban J connectivity index is 0.000000252. The number of halogens is 3. The van der Waals surface area contributed by atoms with Crippen molar-refractivity contribution in [3.63, 3.8) is 0 Å². The Morgan fingerprint density at radius 2 is 1.09 bits per heavy atom. The van der Waals surface area contributed by atoms with Gasteiger partial charge in [-0.1, -0.05) is 131 Å². The van der Waals surface area contributed by atoms with E-state index in [1.54, 1.807) is 0 Å². The SMILES string of the molecule is CC(C)(C)c1cc2c([c-]c1-c1ccccc1)Cc1cc(-c3ccccc3)c(C(C)(C)C)cc1-2.Cc1ccc([C](=[Zr+2])c2ccc(Cl)cc2)cc1.[Cl-].[Cl-].c1cc[cH-]c1. The molecule has 1 aliphatic carbocycles. The maximum absolute atomic E-state index is 5.88. The van der Waals surface area contributed by atoms with Crippen molar-refractivity contribution in [3.8, 4) is 33.4 Å². The summed E-state index contributed by atoms with van der Waals surface area (Å²) < 4.78 is 1.36. The third kappa shape index (κ3) is 11.0. The number of aryl methyl sites for hydroxylation is 1. The fourth-order valence-corrected chi connectivity index (χ4v) is 7.87. The number of hydrogen-bond acceptors (Lipinski definition) is 0. The maximum Gasteiger partial charge on any atom is -0.172 e. The van der Waals surface area contributed by atoms with Crippen LogP contribution in [-0.2, 0) is 41.5 Å². The largest absolute Gasteiger partial charge is 1.00 e. The molecule has 0 amide bonds. The molecule has 0 nitrogen and oxygen atoms in total. The van der Waals surface area contributed by atoms with Crippen molar-refractivity contribution in [2.24, 2.45) is 0 Å². The molecular formula is C52H49Cl3Zr-2. The van der Waals surface area contributed by atoms with E-state index in [0.29, 0.717) is 0 Å². The van der Waals surface area contributed by atoms with Gasteiger partial charge in [0.05, 0.1) is 0 Å². The normalized spacial score (nSPS) is 11.3. The van der Waals surface area contributed by atoms with Crippen LogP contribution >= 0.6 is 11.6 Å². The molecule has 284 valence electrons. The minimum absolute atomic E-state index is 0. The minimum Gasteiger partial charge on any atom is -1.00 e. The second-order valence-corrected chi connectivity index (χ2v) is 17.8. The predicted octanol–water partition coefficient (Wildman–Crippen LogP) is 8.16. The molecular weight excluding hydrogens is 822 g/mol. The number of hydrogen-bond donors (Lipinski definition) is 0. The van der Waals surface area contributed by atoms with E-state index in [1.807, 2.05) is 42.5 Å². The molecule has 0 spiro atoms. The minimum atomic E-state index is 0. The molecule has 0 bridgehead atoms. The molecule has 7 aromatic carbocycles. The van der Waals surface area contributed by atoms with Crippen LogP contribution in [0, 0.1) is 13.0 Å². The molecule has 0 saturated carbocycles. The van der Waals surface area contributed by atoms with Gasteiger partial charge in [-0.25, -0.2) is 12.1 Å². The Morgan fingerprint density at radius 3 is 1.59 bits per heavy atom. The molecule has 0 fully saturated rings.